The van der Waals surface area contributed by atoms with Crippen molar-refractivity contribution in [3.05, 3.63) is 78.9 Å². The lowest BCUT2D eigenvalue weighted by Crippen LogP contribution is -2.50. The van der Waals surface area contributed by atoms with Gasteiger partial charge in [0, 0.05) is 37.9 Å². The molecule has 0 aromatic heterocycles. The highest BCUT2D eigenvalue weighted by Gasteiger charge is 2.22. The van der Waals surface area contributed by atoms with Crippen molar-refractivity contribution < 1.29 is 22.7 Å². The van der Waals surface area contributed by atoms with Crippen molar-refractivity contribution in [1.82, 2.24) is 4.90 Å². The third-order valence-electron chi connectivity index (χ3n) is 5.57. The van der Waals surface area contributed by atoms with Crippen LogP contribution in [0.1, 0.15) is 0 Å². The molecule has 0 saturated carbocycles. The van der Waals surface area contributed by atoms with Crippen LogP contribution < -0.4 is 19.1 Å². The minimum atomic E-state index is -3.77. The van der Waals surface area contributed by atoms with Gasteiger partial charge >= 0.3 is 0 Å². The molecule has 0 aliphatic carbocycles. The first-order valence-electron chi connectivity index (χ1n) is 10.9. The number of hydrogen-bond donors (Lipinski definition) is 1. The van der Waals surface area contributed by atoms with Crippen molar-refractivity contribution in [3.8, 4) is 11.5 Å². The Bertz CT molecular complexity index is 1210. The predicted octanol–water partition coefficient (Wildman–Crippen LogP) is 3.22. The van der Waals surface area contributed by atoms with E-state index in [1.807, 2.05) is 18.2 Å². The van der Waals surface area contributed by atoms with Gasteiger partial charge in [0.1, 0.15) is 11.5 Å². The second-order valence-electron chi connectivity index (χ2n) is 7.80. The topological polar surface area (TPSA) is 88.2 Å². The molecule has 0 spiro atoms. The van der Waals surface area contributed by atoms with E-state index in [0.29, 0.717) is 30.3 Å². The van der Waals surface area contributed by atoms with Crippen LogP contribution >= 0.6 is 0 Å². The fourth-order valence-corrected chi connectivity index (χ4v) is 4.75. The van der Waals surface area contributed by atoms with Gasteiger partial charge in [-0.15, -0.1) is 0 Å². The number of rotatable bonds is 8. The zero-order valence-corrected chi connectivity index (χ0v) is 19.7. The van der Waals surface area contributed by atoms with Gasteiger partial charge in [0.25, 0.3) is 15.9 Å². The molecule has 0 atom stereocenters. The van der Waals surface area contributed by atoms with Crippen LogP contribution in [0.2, 0.25) is 0 Å². The summed E-state index contributed by atoms with van der Waals surface area (Å²) in [6.45, 7) is 2.69. The first-order valence-corrected chi connectivity index (χ1v) is 12.4. The van der Waals surface area contributed by atoms with E-state index in [0.717, 1.165) is 18.8 Å². The molecule has 1 fully saturated rings. The molecule has 0 bridgehead atoms. The second-order valence-corrected chi connectivity index (χ2v) is 9.48. The molecule has 1 aliphatic rings. The van der Waals surface area contributed by atoms with Gasteiger partial charge < -0.3 is 19.3 Å². The summed E-state index contributed by atoms with van der Waals surface area (Å²) in [5.74, 6) is 0.885. The van der Waals surface area contributed by atoms with E-state index in [4.69, 9.17) is 9.47 Å². The molecule has 3 aromatic carbocycles. The minimum Gasteiger partial charge on any atom is -0.497 e. The number of carbonyl (C=O) groups excluding carboxylic acids is 1. The molecule has 8 nitrogen and oxygen atoms in total. The van der Waals surface area contributed by atoms with Crippen LogP contribution in [0, 0.1) is 0 Å². The number of nitrogens with one attached hydrogen (secondary N) is 1. The summed E-state index contributed by atoms with van der Waals surface area (Å²) in [7, 11) is -2.26. The Morgan fingerprint density at radius 2 is 1.59 bits per heavy atom. The molecule has 1 heterocycles. The van der Waals surface area contributed by atoms with Gasteiger partial charge in [-0.25, -0.2) is 8.42 Å². The van der Waals surface area contributed by atoms with Crippen molar-refractivity contribution >= 4 is 27.3 Å². The van der Waals surface area contributed by atoms with E-state index in [1.165, 1.54) is 19.2 Å². The largest absolute Gasteiger partial charge is 0.497 e. The molecule has 1 amide bonds. The highest BCUT2D eigenvalue weighted by molar-refractivity contribution is 7.92. The fourth-order valence-electron chi connectivity index (χ4n) is 3.70. The zero-order valence-electron chi connectivity index (χ0n) is 18.9. The van der Waals surface area contributed by atoms with Crippen molar-refractivity contribution in [2.75, 3.05) is 49.5 Å². The number of para-hydroxylation sites is 1. The number of piperazine rings is 1. The number of hydrogen-bond acceptors (Lipinski definition) is 6. The van der Waals surface area contributed by atoms with Gasteiger partial charge in [-0.2, -0.15) is 0 Å². The standard InChI is InChI=1S/C25H27N3O5S/c1-32-23-9-5-6-20(18-23)26-34(30,31)24-12-10-22(11-13-24)33-19-25(29)28-16-14-27(15-17-28)21-7-3-2-4-8-21/h2-13,18,26H,14-17,19H2,1H3. The Labute approximate surface area is 199 Å². The molecule has 0 radical (unpaired) electrons. The summed E-state index contributed by atoms with van der Waals surface area (Å²) in [6, 6.07) is 22.8. The van der Waals surface area contributed by atoms with E-state index in [-0.39, 0.29) is 17.4 Å². The molecule has 9 heteroatoms. The van der Waals surface area contributed by atoms with Gasteiger partial charge in [-0.05, 0) is 48.5 Å². The third kappa shape index (κ3) is 5.79. The lowest BCUT2D eigenvalue weighted by Gasteiger charge is -2.36. The maximum Gasteiger partial charge on any atom is 0.261 e. The smallest absolute Gasteiger partial charge is 0.261 e. The molecule has 0 unspecified atom stereocenters. The molecule has 178 valence electrons. The van der Waals surface area contributed by atoms with E-state index in [9.17, 15) is 13.2 Å². The van der Waals surface area contributed by atoms with Crippen LogP contribution in [0.3, 0.4) is 0 Å². The Morgan fingerprint density at radius 1 is 0.882 bits per heavy atom. The third-order valence-corrected chi connectivity index (χ3v) is 6.97. The Hall–Kier alpha value is -3.72. The number of nitrogens with zero attached hydrogens (tertiary/aromatic N) is 2. The van der Waals surface area contributed by atoms with Crippen molar-refractivity contribution in [3.63, 3.8) is 0 Å². The summed E-state index contributed by atoms with van der Waals surface area (Å²) in [5.41, 5.74) is 1.56. The number of amides is 1. The molecule has 1 N–H and O–H groups in total. The Kier molecular flexibility index (Phi) is 7.22. The monoisotopic (exact) mass is 481 g/mol. The average molecular weight is 482 g/mol. The maximum absolute atomic E-state index is 12.7. The number of sulfonamides is 1. The maximum atomic E-state index is 12.7. The predicted molar refractivity (Wildman–Crippen MR) is 131 cm³/mol. The first-order chi connectivity index (χ1) is 16.4. The van der Waals surface area contributed by atoms with E-state index in [2.05, 4.69) is 21.8 Å². The van der Waals surface area contributed by atoms with E-state index >= 15 is 0 Å². The van der Waals surface area contributed by atoms with Crippen molar-refractivity contribution in [2.45, 2.75) is 4.90 Å². The molecular weight excluding hydrogens is 454 g/mol. The quantitative estimate of drug-likeness (QED) is 0.532. The molecule has 34 heavy (non-hydrogen) atoms. The van der Waals surface area contributed by atoms with Gasteiger partial charge in [-0.3, -0.25) is 9.52 Å². The van der Waals surface area contributed by atoms with Gasteiger partial charge in [-0.1, -0.05) is 24.3 Å². The van der Waals surface area contributed by atoms with Crippen LogP contribution in [0.15, 0.2) is 83.8 Å². The van der Waals surface area contributed by atoms with E-state index < -0.39 is 10.0 Å². The van der Waals surface area contributed by atoms with Crippen LogP contribution in [-0.2, 0) is 14.8 Å². The summed E-state index contributed by atoms with van der Waals surface area (Å²) in [6.07, 6.45) is 0. The Balaban J connectivity index is 1.28. The Morgan fingerprint density at radius 3 is 2.26 bits per heavy atom. The number of anilines is 2. The van der Waals surface area contributed by atoms with Crippen molar-refractivity contribution in [1.29, 1.82) is 0 Å². The average Bonchev–Trinajstić information content (AvgIpc) is 2.88. The molecule has 4 rings (SSSR count). The van der Waals surface area contributed by atoms with Gasteiger partial charge in [0.2, 0.25) is 0 Å². The lowest BCUT2D eigenvalue weighted by molar-refractivity contribution is -0.133. The SMILES string of the molecule is COc1cccc(NS(=O)(=O)c2ccc(OCC(=O)N3CCN(c4ccccc4)CC3)cc2)c1. The van der Waals surface area contributed by atoms with Gasteiger partial charge in [0.05, 0.1) is 17.7 Å². The van der Waals surface area contributed by atoms with Crippen LogP contribution in [0.25, 0.3) is 0 Å². The van der Waals surface area contributed by atoms with Crippen molar-refractivity contribution in [2.24, 2.45) is 0 Å². The first kappa shape index (κ1) is 23.4. The molecule has 1 aliphatic heterocycles. The summed E-state index contributed by atoms with van der Waals surface area (Å²) >= 11 is 0. The van der Waals surface area contributed by atoms with Crippen LogP contribution in [0.4, 0.5) is 11.4 Å². The highest BCUT2D eigenvalue weighted by Crippen LogP contribution is 2.22. The molecule has 3 aromatic rings. The minimum absolute atomic E-state index is 0.0889. The number of methoxy groups -OCH3 is 1. The van der Waals surface area contributed by atoms with Crippen LogP contribution in [0.5, 0.6) is 11.5 Å². The number of ether oxygens (including phenoxy) is 2. The van der Waals surface area contributed by atoms with Gasteiger partial charge in [0.15, 0.2) is 6.61 Å². The summed E-state index contributed by atoms with van der Waals surface area (Å²) < 4.78 is 38.6. The normalized spacial score (nSPS) is 13.9. The summed E-state index contributed by atoms with van der Waals surface area (Å²) in [5, 5.41) is 0. The lowest BCUT2D eigenvalue weighted by atomic mass is 10.2. The number of benzene rings is 3. The molecular formula is C25H27N3O5S. The zero-order chi connectivity index (χ0) is 24.0. The summed E-state index contributed by atoms with van der Waals surface area (Å²) in [4.78, 5) is 16.7. The molecule has 1 saturated heterocycles. The van der Waals surface area contributed by atoms with Crippen LogP contribution in [-0.4, -0.2) is 59.1 Å². The highest BCUT2D eigenvalue weighted by atomic mass is 32.2. The van der Waals surface area contributed by atoms with E-state index in [1.54, 1.807) is 41.3 Å². The fraction of sp³-hybridized carbons (Fsp3) is 0.240. The second kappa shape index (κ2) is 10.5. The number of carbonyl (C=O) groups is 1.